The molecule has 1 amide bonds. The topological polar surface area (TPSA) is 102 Å². The van der Waals surface area contributed by atoms with Gasteiger partial charge in [0, 0.05) is 11.8 Å². The molecule has 0 radical (unpaired) electrons. The van der Waals surface area contributed by atoms with Gasteiger partial charge in [-0.15, -0.1) is 11.3 Å². The Hall–Kier alpha value is -3.37. The first-order valence-electron chi connectivity index (χ1n) is 9.87. The van der Waals surface area contributed by atoms with Gasteiger partial charge in [-0.3, -0.25) is 9.10 Å². The fourth-order valence-electron chi connectivity index (χ4n) is 3.09. The maximum atomic E-state index is 13.6. The summed E-state index contributed by atoms with van der Waals surface area (Å²) in [4.78, 5) is 24.8. The van der Waals surface area contributed by atoms with Gasteiger partial charge in [0.15, 0.2) is 0 Å². The maximum absolute atomic E-state index is 13.6. The molecular weight excluding hydrogens is 464 g/mol. The van der Waals surface area contributed by atoms with Gasteiger partial charge in [0.1, 0.15) is 22.1 Å². The van der Waals surface area contributed by atoms with E-state index in [1.165, 1.54) is 25.7 Å². The van der Waals surface area contributed by atoms with Crippen LogP contribution in [0.5, 0.6) is 5.75 Å². The lowest BCUT2D eigenvalue weighted by Gasteiger charge is -2.25. The number of nitrogens with one attached hydrogen (secondary N) is 1. The molecular formula is C23H24N2O6S2. The molecule has 0 saturated carbocycles. The van der Waals surface area contributed by atoms with Crippen LogP contribution in [0, 0.1) is 13.8 Å². The van der Waals surface area contributed by atoms with Crippen LogP contribution in [0.15, 0.2) is 58.8 Å². The van der Waals surface area contributed by atoms with Crippen LogP contribution in [-0.4, -0.2) is 41.1 Å². The molecule has 33 heavy (non-hydrogen) atoms. The molecule has 0 atom stereocenters. The lowest BCUT2D eigenvalue weighted by molar-refractivity contribution is -0.114. The number of thiophene rings is 1. The molecule has 0 spiro atoms. The zero-order chi connectivity index (χ0) is 24.2. The Morgan fingerprint density at radius 1 is 1.03 bits per heavy atom. The Morgan fingerprint density at radius 2 is 1.79 bits per heavy atom. The van der Waals surface area contributed by atoms with Crippen LogP contribution >= 0.6 is 11.3 Å². The molecule has 0 bridgehead atoms. The van der Waals surface area contributed by atoms with Crippen LogP contribution in [0.4, 0.5) is 11.4 Å². The summed E-state index contributed by atoms with van der Waals surface area (Å²) in [6, 6.07) is 13.2. The van der Waals surface area contributed by atoms with Crippen molar-refractivity contribution in [3.63, 3.8) is 0 Å². The largest absolute Gasteiger partial charge is 0.497 e. The number of sulfonamides is 1. The molecule has 1 aromatic heterocycles. The van der Waals surface area contributed by atoms with Crippen molar-refractivity contribution >= 4 is 44.6 Å². The highest BCUT2D eigenvalue weighted by molar-refractivity contribution is 7.93. The van der Waals surface area contributed by atoms with E-state index >= 15 is 0 Å². The van der Waals surface area contributed by atoms with E-state index in [9.17, 15) is 18.0 Å². The van der Waals surface area contributed by atoms with Crippen molar-refractivity contribution in [2.75, 3.05) is 30.4 Å². The van der Waals surface area contributed by atoms with Crippen molar-refractivity contribution in [1.29, 1.82) is 0 Å². The summed E-state index contributed by atoms with van der Waals surface area (Å²) in [5.41, 5.74) is 2.60. The SMILES string of the molecule is COC(=O)c1sccc1S(=O)(=O)N(CC(=O)Nc1cccc(OC)c1)c1ccc(C)c(C)c1. The van der Waals surface area contributed by atoms with Gasteiger partial charge in [-0.25, -0.2) is 13.2 Å². The third-order valence-electron chi connectivity index (χ3n) is 4.99. The summed E-state index contributed by atoms with van der Waals surface area (Å²) in [5, 5.41) is 4.19. The van der Waals surface area contributed by atoms with E-state index in [0.717, 1.165) is 26.8 Å². The van der Waals surface area contributed by atoms with Gasteiger partial charge in [-0.05, 0) is 60.7 Å². The summed E-state index contributed by atoms with van der Waals surface area (Å²) in [7, 11) is -1.58. The van der Waals surface area contributed by atoms with Gasteiger partial charge in [0.2, 0.25) is 5.91 Å². The number of benzene rings is 2. The minimum atomic E-state index is -4.27. The van der Waals surface area contributed by atoms with E-state index in [-0.39, 0.29) is 9.77 Å². The van der Waals surface area contributed by atoms with Crippen molar-refractivity contribution < 1.29 is 27.5 Å². The Morgan fingerprint density at radius 3 is 2.45 bits per heavy atom. The Kier molecular flexibility index (Phi) is 7.39. The zero-order valence-corrected chi connectivity index (χ0v) is 20.2. The molecule has 0 saturated heterocycles. The summed E-state index contributed by atoms with van der Waals surface area (Å²) < 4.78 is 38.2. The second-order valence-corrected chi connectivity index (χ2v) is 9.91. The number of hydrogen-bond acceptors (Lipinski definition) is 7. The summed E-state index contributed by atoms with van der Waals surface area (Å²) >= 11 is 0.958. The molecule has 1 N–H and O–H groups in total. The molecule has 3 aromatic rings. The van der Waals surface area contributed by atoms with Crippen molar-refractivity contribution in [2.45, 2.75) is 18.7 Å². The first kappa shape index (κ1) is 24.3. The number of carbonyl (C=O) groups excluding carboxylic acids is 2. The van der Waals surface area contributed by atoms with Gasteiger partial charge in [-0.1, -0.05) is 12.1 Å². The third-order valence-corrected chi connectivity index (χ3v) is 7.83. The summed E-state index contributed by atoms with van der Waals surface area (Å²) in [5.74, 6) is -0.767. The number of amides is 1. The average molecular weight is 489 g/mol. The van der Waals surface area contributed by atoms with Crippen LogP contribution in [0.2, 0.25) is 0 Å². The number of hydrogen-bond donors (Lipinski definition) is 1. The summed E-state index contributed by atoms with van der Waals surface area (Å²) in [6.07, 6.45) is 0. The third kappa shape index (κ3) is 5.35. The molecule has 0 aliphatic carbocycles. The minimum Gasteiger partial charge on any atom is -0.497 e. The highest BCUT2D eigenvalue weighted by Gasteiger charge is 2.32. The van der Waals surface area contributed by atoms with E-state index in [0.29, 0.717) is 17.1 Å². The number of rotatable bonds is 8. The number of methoxy groups -OCH3 is 2. The molecule has 0 fully saturated rings. The number of aryl methyl sites for hydroxylation is 2. The van der Waals surface area contributed by atoms with Gasteiger partial charge in [0.25, 0.3) is 10.0 Å². The first-order chi connectivity index (χ1) is 15.7. The second-order valence-electron chi connectivity index (χ2n) is 7.17. The Bertz CT molecular complexity index is 1280. The van der Waals surface area contributed by atoms with Crippen LogP contribution in [0.1, 0.15) is 20.8 Å². The molecule has 174 valence electrons. The van der Waals surface area contributed by atoms with Crippen LogP contribution < -0.4 is 14.4 Å². The van der Waals surface area contributed by atoms with E-state index in [2.05, 4.69) is 5.32 Å². The first-order valence-corrected chi connectivity index (χ1v) is 12.2. The van der Waals surface area contributed by atoms with Crippen LogP contribution in [-0.2, 0) is 19.6 Å². The molecule has 2 aromatic carbocycles. The quantitative estimate of drug-likeness (QED) is 0.481. The number of esters is 1. The monoisotopic (exact) mass is 488 g/mol. The van der Waals surface area contributed by atoms with Crippen molar-refractivity contribution in [3.05, 3.63) is 69.9 Å². The minimum absolute atomic E-state index is 0.0560. The Balaban J connectivity index is 2.01. The van der Waals surface area contributed by atoms with Gasteiger partial charge in [-0.2, -0.15) is 0 Å². The molecule has 0 unspecified atom stereocenters. The van der Waals surface area contributed by atoms with Gasteiger partial charge < -0.3 is 14.8 Å². The lowest BCUT2D eigenvalue weighted by Crippen LogP contribution is -2.38. The van der Waals surface area contributed by atoms with Crippen molar-refractivity contribution in [1.82, 2.24) is 0 Å². The maximum Gasteiger partial charge on any atom is 0.349 e. The smallest absolute Gasteiger partial charge is 0.349 e. The van der Waals surface area contributed by atoms with Crippen LogP contribution in [0.3, 0.4) is 0 Å². The van der Waals surface area contributed by atoms with Crippen molar-refractivity contribution in [2.24, 2.45) is 0 Å². The standard InChI is InChI=1S/C23H24N2O6S2/c1-15-8-9-18(12-16(15)2)25(14-21(26)24-17-6-5-7-19(13-17)30-3)33(28,29)20-10-11-32-22(20)23(27)31-4/h5-13H,14H2,1-4H3,(H,24,26). The molecule has 0 aliphatic rings. The molecule has 1 heterocycles. The van der Waals surface area contributed by atoms with Gasteiger partial charge >= 0.3 is 5.97 Å². The fourth-order valence-corrected chi connectivity index (χ4v) is 5.81. The zero-order valence-electron chi connectivity index (χ0n) is 18.6. The number of carbonyl (C=O) groups is 2. The van der Waals surface area contributed by atoms with E-state index in [4.69, 9.17) is 9.47 Å². The predicted molar refractivity (Wildman–Crippen MR) is 128 cm³/mol. The van der Waals surface area contributed by atoms with E-state index in [1.54, 1.807) is 42.5 Å². The lowest BCUT2D eigenvalue weighted by atomic mass is 10.1. The normalized spacial score (nSPS) is 11.0. The fraction of sp³-hybridized carbons (Fsp3) is 0.217. The molecule has 8 nitrogen and oxygen atoms in total. The Labute approximate surface area is 196 Å². The van der Waals surface area contributed by atoms with Crippen LogP contribution in [0.25, 0.3) is 0 Å². The number of nitrogens with zero attached hydrogens (tertiary/aromatic N) is 1. The predicted octanol–water partition coefficient (Wildman–Crippen LogP) is 3.99. The number of ether oxygens (including phenoxy) is 2. The van der Waals surface area contributed by atoms with E-state index < -0.39 is 28.4 Å². The summed E-state index contributed by atoms with van der Waals surface area (Å²) in [6.45, 7) is 3.25. The highest BCUT2D eigenvalue weighted by Crippen LogP contribution is 2.30. The second kappa shape index (κ2) is 10.1. The average Bonchev–Trinajstić information content (AvgIpc) is 3.30. The molecule has 0 aliphatic heterocycles. The van der Waals surface area contributed by atoms with Gasteiger partial charge in [0.05, 0.1) is 19.9 Å². The number of anilines is 2. The van der Waals surface area contributed by atoms with Crippen molar-refractivity contribution in [3.8, 4) is 5.75 Å². The molecule has 3 rings (SSSR count). The van der Waals surface area contributed by atoms with E-state index in [1.807, 2.05) is 13.8 Å². The molecule has 10 heteroatoms. The highest BCUT2D eigenvalue weighted by atomic mass is 32.2.